The zero-order valence-electron chi connectivity index (χ0n) is 13.7. The van der Waals surface area contributed by atoms with Crippen molar-refractivity contribution in [1.29, 1.82) is 0 Å². The van der Waals surface area contributed by atoms with Crippen LogP contribution in [0.1, 0.15) is 0 Å². The van der Waals surface area contributed by atoms with Crippen molar-refractivity contribution >= 4 is 51.6 Å². The van der Waals surface area contributed by atoms with Crippen LogP contribution >= 0.6 is 23.2 Å². The summed E-state index contributed by atoms with van der Waals surface area (Å²) < 4.78 is 5.37. The second-order valence-corrected chi connectivity index (χ2v) is 6.56. The molecule has 8 heteroatoms. The van der Waals surface area contributed by atoms with Gasteiger partial charge in [-0.2, -0.15) is 4.98 Å². The van der Waals surface area contributed by atoms with E-state index in [1.807, 2.05) is 0 Å². The summed E-state index contributed by atoms with van der Waals surface area (Å²) in [6, 6.07) is 13.7. The van der Waals surface area contributed by atoms with Crippen LogP contribution in [0.3, 0.4) is 0 Å². The zero-order chi connectivity index (χ0) is 19.0. The highest BCUT2D eigenvalue weighted by atomic mass is 35.5. The van der Waals surface area contributed by atoms with Gasteiger partial charge in [-0.15, -0.1) is 0 Å². The van der Waals surface area contributed by atoms with Gasteiger partial charge in [0.25, 0.3) is 0 Å². The molecule has 2 aromatic carbocycles. The number of fused-ring (bicyclic) bond motifs is 1. The van der Waals surface area contributed by atoms with Gasteiger partial charge in [-0.1, -0.05) is 29.3 Å². The zero-order valence-corrected chi connectivity index (χ0v) is 15.3. The third-order valence-corrected chi connectivity index (χ3v) is 4.52. The Bertz CT molecular complexity index is 1190. The molecular weight excluding hydrogens is 387 g/mol. The maximum Gasteiger partial charge on any atom is 0.345 e. The Morgan fingerprint density at radius 1 is 1.04 bits per heavy atom. The number of aromatic nitrogens is 2. The van der Waals surface area contributed by atoms with Crippen LogP contribution in [-0.4, -0.2) is 9.97 Å². The van der Waals surface area contributed by atoms with E-state index in [4.69, 9.17) is 33.4 Å². The predicted molar refractivity (Wildman–Crippen MR) is 108 cm³/mol. The van der Waals surface area contributed by atoms with Gasteiger partial charge in [0.1, 0.15) is 0 Å². The lowest BCUT2D eigenvalue weighted by Crippen LogP contribution is -2.05. The van der Waals surface area contributed by atoms with E-state index in [1.54, 1.807) is 54.7 Å². The largest absolute Gasteiger partial charge is 0.403 e. The van der Waals surface area contributed by atoms with Gasteiger partial charge in [-0.05, 0) is 42.5 Å². The van der Waals surface area contributed by atoms with Crippen molar-refractivity contribution in [3.8, 4) is 11.1 Å². The van der Waals surface area contributed by atoms with E-state index < -0.39 is 5.63 Å². The minimum Gasteiger partial charge on any atom is -0.403 e. The molecule has 0 bridgehead atoms. The Labute approximate surface area is 163 Å². The maximum atomic E-state index is 12.5. The standard InChI is InChI=1S/C19H12Cl2N4O2/c20-14-2-1-3-15(21)16(14)13-8-10-9-23-19(25-17(10)27-18(13)26)24-12-6-4-11(22)5-7-12/h1-9H,22H2,(H,23,24,25). The highest BCUT2D eigenvalue weighted by molar-refractivity contribution is 6.39. The summed E-state index contributed by atoms with van der Waals surface area (Å²) in [4.78, 5) is 21.0. The number of hydrogen-bond donors (Lipinski definition) is 2. The first-order valence-corrected chi connectivity index (χ1v) is 8.65. The molecule has 134 valence electrons. The smallest absolute Gasteiger partial charge is 0.345 e. The SMILES string of the molecule is Nc1ccc(Nc2ncc3cc(-c4c(Cl)cccc4Cl)c(=O)oc3n2)cc1. The number of nitrogen functional groups attached to an aromatic ring is 1. The molecule has 0 aliphatic carbocycles. The first-order valence-electron chi connectivity index (χ1n) is 7.89. The summed E-state index contributed by atoms with van der Waals surface area (Å²) in [6.45, 7) is 0. The Balaban J connectivity index is 1.76. The quantitative estimate of drug-likeness (QED) is 0.477. The number of nitrogens with two attached hydrogens (primary N) is 1. The second kappa shape index (κ2) is 6.90. The minimum atomic E-state index is -0.588. The van der Waals surface area contributed by atoms with Crippen molar-refractivity contribution in [3.63, 3.8) is 0 Å². The average molecular weight is 399 g/mol. The number of halogens is 2. The van der Waals surface area contributed by atoms with Crippen LogP contribution in [0.15, 0.2) is 63.9 Å². The van der Waals surface area contributed by atoms with Crippen LogP contribution in [0.2, 0.25) is 10.0 Å². The molecule has 0 fully saturated rings. The predicted octanol–water partition coefficient (Wildman–Crippen LogP) is 4.88. The number of hydrogen-bond acceptors (Lipinski definition) is 6. The van der Waals surface area contributed by atoms with Crippen molar-refractivity contribution in [3.05, 3.63) is 75.2 Å². The summed E-state index contributed by atoms with van der Waals surface area (Å²) in [5.74, 6) is 0.291. The first kappa shape index (κ1) is 17.3. The molecule has 0 atom stereocenters. The van der Waals surface area contributed by atoms with E-state index in [2.05, 4.69) is 15.3 Å². The minimum absolute atomic E-state index is 0.153. The van der Waals surface area contributed by atoms with E-state index in [-0.39, 0.29) is 11.3 Å². The van der Waals surface area contributed by atoms with Crippen molar-refractivity contribution in [2.24, 2.45) is 0 Å². The van der Waals surface area contributed by atoms with Crippen molar-refractivity contribution in [2.75, 3.05) is 11.1 Å². The van der Waals surface area contributed by atoms with Gasteiger partial charge >= 0.3 is 5.63 Å². The molecule has 6 nitrogen and oxygen atoms in total. The monoisotopic (exact) mass is 398 g/mol. The Hall–Kier alpha value is -3.09. The molecule has 2 heterocycles. The first-order chi connectivity index (χ1) is 13.0. The summed E-state index contributed by atoms with van der Waals surface area (Å²) in [5.41, 5.74) is 7.30. The molecule has 2 aromatic heterocycles. The lowest BCUT2D eigenvalue weighted by Gasteiger charge is -2.08. The molecule has 0 spiro atoms. The summed E-state index contributed by atoms with van der Waals surface area (Å²) >= 11 is 12.4. The van der Waals surface area contributed by atoms with Gasteiger partial charge in [-0.3, -0.25) is 0 Å². The van der Waals surface area contributed by atoms with Gasteiger partial charge in [-0.25, -0.2) is 9.78 Å². The lowest BCUT2D eigenvalue weighted by atomic mass is 10.1. The van der Waals surface area contributed by atoms with Gasteiger partial charge < -0.3 is 15.5 Å². The fourth-order valence-corrected chi connectivity index (χ4v) is 3.20. The molecule has 4 aromatic rings. The normalized spacial score (nSPS) is 10.9. The molecule has 3 N–H and O–H groups in total. The Morgan fingerprint density at radius 3 is 2.44 bits per heavy atom. The molecular formula is C19H12Cl2N4O2. The third-order valence-electron chi connectivity index (χ3n) is 3.89. The van der Waals surface area contributed by atoms with Gasteiger partial charge in [0.15, 0.2) is 0 Å². The molecule has 27 heavy (non-hydrogen) atoms. The van der Waals surface area contributed by atoms with E-state index in [0.29, 0.717) is 32.6 Å². The Morgan fingerprint density at radius 2 is 1.74 bits per heavy atom. The second-order valence-electron chi connectivity index (χ2n) is 5.75. The van der Waals surface area contributed by atoms with Crippen LogP contribution in [0.25, 0.3) is 22.2 Å². The topological polar surface area (TPSA) is 94.0 Å². The van der Waals surface area contributed by atoms with Crippen molar-refractivity contribution in [1.82, 2.24) is 9.97 Å². The maximum absolute atomic E-state index is 12.5. The van der Waals surface area contributed by atoms with Crippen LogP contribution in [0.5, 0.6) is 0 Å². The molecule has 0 saturated carbocycles. The molecule has 0 saturated heterocycles. The van der Waals surface area contributed by atoms with Crippen molar-refractivity contribution < 1.29 is 4.42 Å². The van der Waals surface area contributed by atoms with E-state index >= 15 is 0 Å². The van der Waals surface area contributed by atoms with Crippen LogP contribution in [-0.2, 0) is 0 Å². The van der Waals surface area contributed by atoms with Crippen molar-refractivity contribution in [2.45, 2.75) is 0 Å². The number of rotatable bonds is 3. The summed E-state index contributed by atoms with van der Waals surface area (Å²) in [6.07, 6.45) is 1.55. The number of anilines is 3. The van der Waals surface area contributed by atoms with E-state index in [9.17, 15) is 4.79 Å². The lowest BCUT2D eigenvalue weighted by molar-refractivity contribution is 0.551. The molecule has 0 aliphatic rings. The van der Waals surface area contributed by atoms with Crippen LogP contribution in [0.4, 0.5) is 17.3 Å². The summed E-state index contributed by atoms with van der Waals surface area (Å²) in [7, 11) is 0. The summed E-state index contributed by atoms with van der Waals surface area (Å²) in [5, 5.41) is 4.29. The molecule has 0 aliphatic heterocycles. The third kappa shape index (κ3) is 3.45. The molecule has 0 radical (unpaired) electrons. The number of benzene rings is 2. The highest BCUT2D eigenvalue weighted by Gasteiger charge is 2.15. The van der Waals surface area contributed by atoms with Crippen LogP contribution in [0, 0.1) is 0 Å². The fraction of sp³-hybridized carbons (Fsp3) is 0. The van der Waals surface area contributed by atoms with Gasteiger partial charge in [0, 0.05) is 23.1 Å². The van der Waals surface area contributed by atoms with E-state index in [1.165, 1.54) is 0 Å². The van der Waals surface area contributed by atoms with Gasteiger partial charge in [0.05, 0.1) is 21.0 Å². The number of nitrogens with zero attached hydrogens (tertiary/aromatic N) is 2. The Kier molecular flexibility index (Phi) is 4.43. The molecule has 0 amide bonds. The van der Waals surface area contributed by atoms with Gasteiger partial charge in [0.2, 0.25) is 11.7 Å². The fourth-order valence-electron chi connectivity index (χ4n) is 2.60. The number of nitrogens with one attached hydrogen (secondary N) is 1. The molecule has 0 unspecified atom stereocenters. The molecule has 4 rings (SSSR count). The van der Waals surface area contributed by atoms with Crippen LogP contribution < -0.4 is 16.7 Å². The average Bonchev–Trinajstić information content (AvgIpc) is 2.64. The van der Waals surface area contributed by atoms with E-state index in [0.717, 1.165) is 5.69 Å². The highest BCUT2D eigenvalue weighted by Crippen LogP contribution is 2.33.